The minimum atomic E-state index is -1.62. The monoisotopic (exact) mass is 1590 g/mol. The SMILES string of the molecule is O=C(O)CCC(=O)OC(COC(=O)CCC(=O)OC(COC(=O)CCC(=O)OC1COC(c2ccccc2)OC1)COC(=O)CCC(=O)OC1COC(c2ccccc2)OC1)COC(=O)CCC(=O)OC(COC(=O)CCC(=O)OC1COC(c2ccccc2)OC1)COC(=O)CCC(=O)OC1COC(c2ccccc2)OC1. The van der Waals surface area contributed by atoms with Crippen LogP contribution < -0.4 is 0 Å². The van der Waals surface area contributed by atoms with Gasteiger partial charge in [0.25, 0.3) is 0 Å². The number of aliphatic carboxylic acids is 1. The quantitative estimate of drug-likeness (QED) is 0.0441. The van der Waals surface area contributed by atoms with Gasteiger partial charge in [0.05, 0.1) is 143 Å². The van der Waals surface area contributed by atoms with E-state index in [1.54, 1.807) is 97.1 Å². The van der Waals surface area contributed by atoms with Gasteiger partial charge < -0.3 is 105 Å². The number of ether oxygens (including phenoxy) is 21. The Morgan fingerprint density at radius 1 is 0.248 bits per heavy atom. The number of carbonyl (C=O) groups is 14. The van der Waals surface area contributed by atoms with Crippen molar-refractivity contribution in [2.45, 2.75) is 158 Å². The average molecular weight is 1590 g/mol. The maximum absolute atomic E-state index is 13.2. The molecule has 4 aliphatic heterocycles. The van der Waals surface area contributed by atoms with Gasteiger partial charge in [-0.15, -0.1) is 0 Å². The van der Waals surface area contributed by atoms with Crippen LogP contribution in [0.25, 0.3) is 0 Å². The first-order valence-corrected chi connectivity index (χ1v) is 36.3. The van der Waals surface area contributed by atoms with Crippen molar-refractivity contribution < 1.29 is 172 Å². The van der Waals surface area contributed by atoms with Gasteiger partial charge in [-0.2, -0.15) is 0 Å². The van der Waals surface area contributed by atoms with E-state index in [2.05, 4.69) is 0 Å². The number of carboxylic acids is 1. The number of esters is 13. The molecule has 0 aromatic heterocycles. The van der Waals surface area contributed by atoms with E-state index in [1.165, 1.54) is 0 Å². The molecule has 1 N–H and O–H groups in total. The average Bonchev–Trinajstić information content (AvgIpc) is 0.877. The number of carboxylic acid groups (broad SMARTS) is 1. The second-order valence-corrected chi connectivity index (χ2v) is 25.4. The largest absolute Gasteiger partial charge is 0.481 e. The third kappa shape index (κ3) is 34.3. The lowest BCUT2D eigenvalue weighted by Gasteiger charge is -2.29. The highest BCUT2D eigenvalue weighted by Gasteiger charge is 2.33. The molecule has 36 heteroatoms. The van der Waals surface area contributed by atoms with E-state index in [0.717, 1.165) is 22.3 Å². The molecule has 0 amide bonds. The molecule has 0 bridgehead atoms. The van der Waals surface area contributed by atoms with Gasteiger partial charge in [0, 0.05) is 22.3 Å². The van der Waals surface area contributed by atoms with E-state index >= 15 is 0 Å². The van der Waals surface area contributed by atoms with Crippen molar-refractivity contribution >= 4 is 83.6 Å². The Bertz CT molecular complexity index is 3300. The molecule has 0 radical (unpaired) electrons. The minimum Gasteiger partial charge on any atom is -0.481 e. The Balaban J connectivity index is 0.778. The lowest BCUT2D eigenvalue weighted by molar-refractivity contribution is -0.229. The molecule has 0 aliphatic carbocycles. The highest BCUT2D eigenvalue weighted by atomic mass is 16.7. The summed E-state index contributed by atoms with van der Waals surface area (Å²) in [5, 5.41) is 9.15. The van der Waals surface area contributed by atoms with Gasteiger partial charge in [-0.05, 0) is 0 Å². The fraction of sp³-hybridized carbons (Fsp3) is 0.506. The zero-order valence-electron chi connectivity index (χ0n) is 61.4. The summed E-state index contributed by atoms with van der Waals surface area (Å²) < 4.78 is 114. The van der Waals surface area contributed by atoms with Gasteiger partial charge in [-0.25, -0.2) is 0 Å². The molecule has 0 spiro atoms. The highest BCUT2D eigenvalue weighted by Crippen LogP contribution is 2.28. The Kier molecular flexibility index (Phi) is 37.4. The second-order valence-electron chi connectivity index (χ2n) is 25.4. The molecule has 36 nitrogen and oxygen atoms in total. The van der Waals surface area contributed by atoms with Gasteiger partial charge in [0.1, 0.15) is 64.1 Å². The van der Waals surface area contributed by atoms with Crippen molar-refractivity contribution in [2.24, 2.45) is 0 Å². The third-order valence-electron chi connectivity index (χ3n) is 16.2. The van der Waals surface area contributed by atoms with Crippen molar-refractivity contribution in [3.05, 3.63) is 144 Å². The van der Waals surface area contributed by atoms with E-state index in [1.807, 2.05) is 24.3 Å². The zero-order chi connectivity index (χ0) is 80.5. The standard InChI is InChI=1S/C77H88O36/c78-60(79)21-22-67(86)107-53(35-93-61(80)23-29-68(87)108-54(37-95-63(82)25-31-70(89)110-56-41-99-74(100-42-56)49-13-5-1-6-14-49)38-96-64(83)26-32-71(90)111-57-43-101-75(102-44-57)50-15-7-2-8-16-50)36-94-62(81)24-30-69(88)109-55(39-97-65(84)27-33-72(91)112-58-45-103-76(104-46-58)51-17-9-3-10-18-51)40-98-66(85)28-34-73(92)113-59-47-105-77(106-48-59)52-19-11-4-12-20-52/h1-20,53-59,74-77H,21-48H2,(H,78,79). The van der Waals surface area contributed by atoms with Crippen LogP contribution in [-0.2, 0) is 167 Å². The topological polar surface area (TPSA) is 453 Å². The van der Waals surface area contributed by atoms with E-state index in [0.29, 0.717) is 0 Å². The van der Waals surface area contributed by atoms with Crippen LogP contribution in [0.1, 0.15) is 137 Å². The number of carbonyl (C=O) groups excluding carboxylic acids is 13. The molecule has 0 unspecified atom stereocenters. The molecule has 0 saturated carbocycles. The molecule has 4 fully saturated rings. The molecule has 612 valence electrons. The van der Waals surface area contributed by atoms with Crippen LogP contribution in [0.2, 0.25) is 0 Å². The van der Waals surface area contributed by atoms with Crippen molar-refractivity contribution in [1.29, 1.82) is 0 Å². The molecule has 8 rings (SSSR count). The van der Waals surface area contributed by atoms with Crippen LogP contribution in [0.5, 0.6) is 0 Å². The minimum absolute atomic E-state index is 0.00631. The molecule has 113 heavy (non-hydrogen) atoms. The number of hydrogen-bond donors (Lipinski definition) is 1. The lowest BCUT2D eigenvalue weighted by atomic mass is 10.2. The predicted molar refractivity (Wildman–Crippen MR) is 372 cm³/mol. The molecule has 4 saturated heterocycles. The summed E-state index contributed by atoms with van der Waals surface area (Å²) in [5.74, 6) is -14.1. The van der Waals surface area contributed by atoms with E-state index in [9.17, 15) is 67.1 Å². The van der Waals surface area contributed by atoms with Gasteiger partial charge in [0.2, 0.25) is 0 Å². The van der Waals surface area contributed by atoms with Crippen LogP contribution in [-0.4, -0.2) is 224 Å². The molecular weight excluding hydrogens is 1500 g/mol. The van der Waals surface area contributed by atoms with E-state index < -0.39 is 281 Å². The molecule has 0 atom stereocenters. The molecule has 4 aliphatic rings. The molecule has 4 aromatic rings. The predicted octanol–water partition coefficient (Wildman–Crippen LogP) is 5.16. The first-order chi connectivity index (χ1) is 54.6. The fourth-order valence-electron chi connectivity index (χ4n) is 10.5. The summed E-state index contributed by atoms with van der Waals surface area (Å²) in [7, 11) is 0. The van der Waals surface area contributed by atoms with Gasteiger partial charge in [-0.1, -0.05) is 121 Å². The number of benzene rings is 4. The maximum atomic E-state index is 13.2. The van der Waals surface area contributed by atoms with Crippen molar-refractivity contribution in [3.8, 4) is 0 Å². The van der Waals surface area contributed by atoms with E-state index in [4.69, 9.17) is 105 Å². The van der Waals surface area contributed by atoms with Crippen LogP contribution in [0.4, 0.5) is 0 Å². The summed E-state index contributed by atoms with van der Waals surface area (Å²) >= 11 is 0. The smallest absolute Gasteiger partial charge is 0.306 e. The summed E-state index contributed by atoms with van der Waals surface area (Å²) in [6.07, 6.45) is -18.7. The first-order valence-electron chi connectivity index (χ1n) is 36.3. The van der Waals surface area contributed by atoms with Gasteiger partial charge in [-0.3, -0.25) is 67.1 Å². The van der Waals surface area contributed by atoms with Gasteiger partial charge in [0.15, 0.2) is 43.5 Å². The molecule has 4 heterocycles. The fourth-order valence-corrected chi connectivity index (χ4v) is 10.5. The highest BCUT2D eigenvalue weighted by molar-refractivity contribution is 5.82. The van der Waals surface area contributed by atoms with Gasteiger partial charge >= 0.3 is 83.6 Å². The number of hydrogen-bond acceptors (Lipinski definition) is 35. The summed E-state index contributed by atoms with van der Waals surface area (Å²) in [4.78, 5) is 179. The summed E-state index contributed by atoms with van der Waals surface area (Å²) in [6, 6.07) is 36.2. The van der Waals surface area contributed by atoms with Crippen molar-refractivity contribution in [1.82, 2.24) is 0 Å². The third-order valence-corrected chi connectivity index (χ3v) is 16.2. The number of rotatable bonds is 44. The zero-order valence-corrected chi connectivity index (χ0v) is 61.4. The summed E-state index contributed by atoms with van der Waals surface area (Å²) in [5.41, 5.74) is 3.03. The Labute approximate surface area is 646 Å². The van der Waals surface area contributed by atoms with Crippen LogP contribution in [0.3, 0.4) is 0 Å². The molecule has 4 aromatic carbocycles. The molecular formula is C77H88O36. The Morgan fingerprint density at radius 2 is 0.416 bits per heavy atom. The van der Waals surface area contributed by atoms with Crippen LogP contribution >= 0.6 is 0 Å². The normalized spacial score (nSPS) is 20.1. The Morgan fingerprint density at radius 3 is 0.602 bits per heavy atom. The first kappa shape index (κ1) is 87.7. The van der Waals surface area contributed by atoms with Crippen molar-refractivity contribution in [2.75, 3.05) is 92.5 Å². The second kappa shape index (κ2) is 48.1. The lowest BCUT2D eigenvalue weighted by Crippen LogP contribution is -2.35. The van der Waals surface area contributed by atoms with Crippen LogP contribution in [0, 0.1) is 0 Å². The Hall–Kier alpha value is -10.9. The van der Waals surface area contributed by atoms with Crippen LogP contribution in [0.15, 0.2) is 121 Å². The van der Waals surface area contributed by atoms with E-state index in [-0.39, 0.29) is 52.9 Å². The van der Waals surface area contributed by atoms with Crippen molar-refractivity contribution in [3.63, 3.8) is 0 Å². The maximum Gasteiger partial charge on any atom is 0.306 e. The summed E-state index contributed by atoms with van der Waals surface area (Å²) in [6.45, 7) is -4.65.